The van der Waals surface area contributed by atoms with E-state index in [1.165, 1.54) is 0 Å². The molecule has 2 rings (SSSR count). The van der Waals surface area contributed by atoms with Crippen LogP contribution in [-0.2, 0) is 6.61 Å². The van der Waals surface area contributed by atoms with Crippen LogP contribution in [0.5, 0.6) is 0 Å². The molecule has 5 heteroatoms. The van der Waals surface area contributed by atoms with Crippen molar-refractivity contribution in [1.29, 1.82) is 0 Å². The molecule has 0 aromatic carbocycles. The second-order valence-corrected chi connectivity index (χ2v) is 4.45. The monoisotopic (exact) mass is 271 g/mol. The quantitative estimate of drug-likeness (QED) is 0.834. The van der Waals surface area contributed by atoms with Gasteiger partial charge in [0, 0.05) is 42.4 Å². The minimum atomic E-state index is 0.0334. The Balaban J connectivity index is 2.25. The Morgan fingerprint density at radius 1 is 1.47 bits per heavy atom. The van der Waals surface area contributed by atoms with Crippen molar-refractivity contribution in [2.24, 2.45) is 0 Å². The summed E-state index contributed by atoms with van der Waals surface area (Å²) < 4.78 is 0.908. The molecule has 1 fully saturated rings. The number of aromatic nitrogens is 1. The molecule has 0 amide bonds. The van der Waals surface area contributed by atoms with Gasteiger partial charge in [-0.1, -0.05) is 0 Å². The lowest BCUT2D eigenvalue weighted by molar-refractivity contribution is 0.281. The van der Waals surface area contributed by atoms with Crippen molar-refractivity contribution >= 4 is 21.7 Å². The van der Waals surface area contributed by atoms with Crippen molar-refractivity contribution in [3.63, 3.8) is 0 Å². The first-order valence-corrected chi connectivity index (χ1v) is 5.81. The zero-order valence-corrected chi connectivity index (χ0v) is 10.00. The molecule has 2 heterocycles. The number of piperazine rings is 1. The molecule has 1 aliphatic heterocycles. The minimum Gasteiger partial charge on any atom is -0.392 e. The fourth-order valence-electron chi connectivity index (χ4n) is 1.75. The van der Waals surface area contributed by atoms with Gasteiger partial charge in [0.2, 0.25) is 0 Å². The normalized spacial score (nSPS) is 16.8. The Morgan fingerprint density at radius 2 is 2.20 bits per heavy atom. The van der Waals surface area contributed by atoms with Crippen LogP contribution < -0.4 is 10.2 Å². The molecule has 1 saturated heterocycles. The van der Waals surface area contributed by atoms with E-state index in [0.29, 0.717) is 0 Å². The maximum atomic E-state index is 9.27. The molecule has 15 heavy (non-hydrogen) atoms. The van der Waals surface area contributed by atoms with Gasteiger partial charge in [-0.3, -0.25) is 0 Å². The van der Waals surface area contributed by atoms with Crippen molar-refractivity contribution in [3.8, 4) is 0 Å². The molecule has 0 unspecified atom stereocenters. The third-order valence-electron chi connectivity index (χ3n) is 2.50. The Kier molecular flexibility index (Phi) is 3.56. The zero-order chi connectivity index (χ0) is 10.7. The number of anilines is 1. The van der Waals surface area contributed by atoms with E-state index in [2.05, 4.69) is 31.1 Å². The van der Waals surface area contributed by atoms with Gasteiger partial charge in [-0.2, -0.15) is 0 Å². The van der Waals surface area contributed by atoms with Crippen LogP contribution in [0.1, 0.15) is 5.56 Å². The molecule has 2 N–H and O–H groups in total. The highest BCUT2D eigenvalue weighted by molar-refractivity contribution is 9.10. The highest BCUT2D eigenvalue weighted by Gasteiger charge is 2.15. The number of nitrogens with one attached hydrogen (secondary N) is 1. The predicted molar refractivity (Wildman–Crippen MR) is 62.9 cm³/mol. The summed E-state index contributed by atoms with van der Waals surface area (Å²) in [7, 11) is 0. The van der Waals surface area contributed by atoms with Crippen molar-refractivity contribution in [1.82, 2.24) is 10.3 Å². The van der Waals surface area contributed by atoms with Gasteiger partial charge in [0.05, 0.1) is 6.61 Å². The molecule has 0 spiro atoms. The maximum Gasteiger partial charge on any atom is 0.134 e. The minimum absolute atomic E-state index is 0.0334. The van der Waals surface area contributed by atoms with E-state index >= 15 is 0 Å². The molecule has 1 aromatic rings. The molecule has 1 aromatic heterocycles. The second-order valence-electron chi connectivity index (χ2n) is 3.53. The van der Waals surface area contributed by atoms with Crippen molar-refractivity contribution in [2.75, 3.05) is 31.1 Å². The van der Waals surface area contributed by atoms with Crippen molar-refractivity contribution in [2.45, 2.75) is 6.61 Å². The zero-order valence-electron chi connectivity index (χ0n) is 8.41. The summed E-state index contributed by atoms with van der Waals surface area (Å²) in [5.41, 5.74) is 0.881. The smallest absolute Gasteiger partial charge is 0.134 e. The van der Waals surface area contributed by atoms with E-state index in [1.807, 2.05) is 6.07 Å². The fraction of sp³-hybridized carbons (Fsp3) is 0.500. The standard InChI is InChI=1S/C10H14BrN3O/c11-9-5-8(7-15)10(13-6-9)14-3-1-12-2-4-14/h5-6,12,15H,1-4,7H2. The van der Waals surface area contributed by atoms with Crippen LogP contribution in [0.15, 0.2) is 16.7 Å². The van der Waals surface area contributed by atoms with Gasteiger partial charge in [-0.15, -0.1) is 0 Å². The number of hydrogen-bond acceptors (Lipinski definition) is 4. The van der Waals surface area contributed by atoms with Crippen LogP contribution in [0.4, 0.5) is 5.82 Å². The van der Waals surface area contributed by atoms with Gasteiger partial charge in [0.15, 0.2) is 0 Å². The lowest BCUT2D eigenvalue weighted by Crippen LogP contribution is -2.44. The Bertz CT molecular complexity index is 339. The van der Waals surface area contributed by atoms with E-state index in [9.17, 15) is 5.11 Å². The van der Waals surface area contributed by atoms with Crippen LogP contribution in [0.3, 0.4) is 0 Å². The van der Waals surface area contributed by atoms with E-state index in [-0.39, 0.29) is 6.61 Å². The van der Waals surface area contributed by atoms with E-state index < -0.39 is 0 Å². The maximum absolute atomic E-state index is 9.27. The molecule has 0 bridgehead atoms. The summed E-state index contributed by atoms with van der Waals surface area (Å²) in [6, 6.07) is 1.92. The van der Waals surface area contributed by atoms with Gasteiger partial charge >= 0.3 is 0 Å². The van der Waals surface area contributed by atoms with Gasteiger partial charge in [0.1, 0.15) is 5.82 Å². The fourth-order valence-corrected chi connectivity index (χ4v) is 2.13. The highest BCUT2D eigenvalue weighted by Crippen LogP contribution is 2.21. The molecule has 0 atom stereocenters. The van der Waals surface area contributed by atoms with E-state index in [1.54, 1.807) is 6.20 Å². The van der Waals surface area contributed by atoms with Crippen molar-refractivity contribution in [3.05, 3.63) is 22.3 Å². The van der Waals surface area contributed by atoms with Crippen molar-refractivity contribution < 1.29 is 5.11 Å². The van der Waals surface area contributed by atoms with E-state index in [0.717, 1.165) is 42.0 Å². The first-order chi connectivity index (χ1) is 7.31. The van der Waals surface area contributed by atoms with Crippen LogP contribution in [0.25, 0.3) is 0 Å². The summed E-state index contributed by atoms with van der Waals surface area (Å²) in [4.78, 5) is 6.57. The Labute approximate surface area is 97.4 Å². The van der Waals surface area contributed by atoms with Gasteiger partial charge in [-0.05, 0) is 22.0 Å². The number of hydrogen-bond donors (Lipinski definition) is 2. The molecule has 0 saturated carbocycles. The SMILES string of the molecule is OCc1cc(Br)cnc1N1CCNCC1. The number of rotatable bonds is 2. The molecule has 0 aliphatic carbocycles. The Hall–Kier alpha value is -0.650. The third-order valence-corrected chi connectivity index (χ3v) is 2.93. The molecule has 82 valence electrons. The Morgan fingerprint density at radius 3 is 2.87 bits per heavy atom. The molecule has 1 aliphatic rings. The summed E-state index contributed by atoms with van der Waals surface area (Å²) in [6.45, 7) is 3.88. The first kappa shape index (κ1) is 10.9. The molecular formula is C10H14BrN3O. The molecule has 4 nitrogen and oxygen atoms in total. The van der Waals surface area contributed by atoms with E-state index in [4.69, 9.17) is 0 Å². The lowest BCUT2D eigenvalue weighted by atomic mass is 10.2. The number of aliphatic hydroxyl groups is 1. The second kappa shape index (κ2) is 4.92. The highest BCUT2D eigenvalue weighted by atomic mass is 79.9. The van der Waals surface area contributed by atoms with Gasteiger partial charge in [0.25, 0.3) is 0 Å². The topological polar surface area (TPSA) is 48.4 Å². The first-order valence-electron chi connectivity index (χ1n) is 5.02. The predicted octanol–water partition coefficient (Wildman–Crippen LogP) is 0.746. The number of pyridine rings is 1. The van der Waals surface area contributed by atoms with Crippen LogP contribution in [0.2, 0.25) is 0 Å². The molecule has 0 radical (unpaired) electrons. The van der Waals surface area contributed by atoms with Crippen LogP contribution in [-0.4, -0.2) is 36.3 Å². The van der Waals surface area contributed by atoms with Crippen LogP contribution >= 0.6 is 15.9 Å². The molecular weight excluding hydrogens is 258 g/mol. The van der Waals surface area contributed by atoms with Gasteiger partial charge < -0.3 is 15.3 Å². The lowest BCUT2D eigenvalue weighted by Gasteiger charge is -2.29. The average Bonchev–Trinajstić information content (AvgIpc) is 2.30. The summed E-state index contributed by atoms with van der Waals surface area (Å²) in [6.07, 6.45) is 1.77. The largest absolute Gasteiger partial charge is 0.392 e. The third kappa shape index (κ3) is 2.48. The summed E-state index contributed by atoms with van der Waals surface area (Å²) in [5.74, 6) is 0.905. The number of aliphatic hydroxyl groups excluding tert-OH is 1. The number of halogens is 1. The number of nitrogens with zero attached hydrogens (tertiary/aromatic N) is 2. The van der Waals surface area contributed by atoms with Gasteiger partial charge in [-0.25, -0.2) is 4.98 Å². The summed E-state index contributed by atoms with van der Waals surface area (Å²) >= 11 is 3.36. The van der Waals surface area contributed by atoms with Crippen LogP contribution in [0, 0.1) is 0 Å². The average molecular weight is 272 g/mol. The summed E-state index contributed by atoms with van der Waals surface area (Å²) in [5, 5.41) is 12.6.